The molecule has 0 fully saturated rings. The van der Waals surface area contributed by atoms with Gasteiger partial charge < -0.3 is 4.74 Å². The van der Waals surface area contributed by atoms with Crippen molar-refractivity contribution in [1.29, 1.82) is 0 Å². The van der Waals surface area contributed by atoms with Gasteiger partial charge in [0.15, 0.2) is 0 Å². The molecule has 0 unspecified atom stereocenters. The highest BCUT2D eigenvalue weighted by atomic mass is 35.5. The van der Waals surface area contributed by atoms with Gasteiger partial charge in [-0.15, -0.1) is 0 Å². The fraction of sp³-hybridized carbons (Fsp3) is 0.267. The van der Waals surface area contributed by atoms with E-state index in [2.05, 4.69) is 15.8 Å². The van der Waals surface area contributed by atoms with Gasteiger partial charge in [0.05, 0.1) is 16.1 Å². The highest BCUT2D eigenvalue weighted by molar-refractivity contribution is 6.35. The first kappa shape index (κ1) is 16.0. The summed E-state index contributed by atoms with van der Waals surface area (Å²) in [6.07, 6.45) is 0.868. The number of benzene rings is 1. The summed E-state index contributed by atoms with van der Waals surface area (Å²) in [6, 6.07) is 6.74. The molecule has 0 bridgehead atoms. The molecule has 1 heterocycles. The van der Waals surface area contributed by atoms with Gasteiger partial charge in [-0.2, -0.15) is 0 Å². The lowest BCUT2D eigenvalue weighted by atomic mass is 10.1. The van der Waals surface area contributed by atoms with Crippen LogP contribution in [0.1, 0.15) is 31.1 Å². The van der Waals surface area contributed by atoms with E-state index in [1.54, 1.807) is 51.2 Å². The van der Waals surface area contributed by atoms with Crippen molar-refractivity contribution in [3.8, 4) is 0 Å². The van der Waals surface area contributed by atoms with Crippen LogP contribution in [0, 0.1) is 0 Å². The average Bonchev–Trinajstić information content (AvgIpc) is 2.43. The predicted octanol–water partition coefficient (Wildman–Crippen LogP) is 3.06. The second-order valence-corrected chi connectivity index (χ2v) is 5.98. The monoisotopic (exact) mass is 321 g/mol. The molecule has 2 N–H and O–H groups in total. The molecule has 2 amide bonds. The van der Waals surface area contributed by atoms with Crippen LogP contribution in [0.25, 0.3) is 10.9 Å². The van der Waals surface area contributed by atoms with Gasteiger partial charge in [0, 0.05) is 11.6 Å². The number of amides is 2. The molecule has 2 aromatic rings. The lowest BCUT2D eigenvalue weighted by Gasteiger charge is -2.20. The van der Waals surface area contributed by atoms with Gasteiger partial charge in [0.2, 0.25) is 0 Å². The standard InChI is InChI=1S/C15H16ClN3O3/c1-15(2,3)22-14(21)19-18-13(20)12-9-5-4-8-17-11(9)7-6-10(12)16/h4-8H,1-3H3,(H,18,20)(H,19,21). The first-order chi connectivity index (χ1) is 10.3. The molecule has 2 rings (SSSR count). The first-order valence-electron chi connectivity index (χ1n) is 6.60. The topological polar surface area (TPSA) is 80.3 Å². The molecular formula is C15H16ClN3O3. The van der Waals surface area contributed by atoms with E-state index in [1.165, 1.54) is 0 Å². The quantitative estimate of drug-likeness (QED) is 0.791. The van der Waals surface area contributed by atoms with Crippen LogP contribution in [0.3, 0.4) is 0 Å². The fourth-order valence-electron chi connectivity index (χ4n) is 1.83. The molecule has 6 nitrogen and oxygen atoms in total. The number of halogens is 1. The molecule has 0 saturated heterocycles. The lowest BCUT2D eigenvalue weighted by molar-refractivity contribution is 0.0483. The third-order valence-corrected chi connectivity index (χ3v) is 2.95. The van der Waals surface area contributed by atoms with E-state index >= 15 is 0 Å². The van der Waals surface area contributed by atoms with Crippen molar-refractivity contribution in [2.24, 2.45) is 0 Å². The summed E-state index contributed by atoms with van der Waals surface area (Å²) in [7, 11) is 0. The Hall–Kier alpha value is -2.34. The number of rotatable bonds is 1. The van der Waals surface area contributed by atoms with Crippen LogP contribution in [0.15, 0.2) is 30.5 Å². The lowest BCUT2D eigenvalue weighted by Crippen LogP contribution is -2.44. The number of nitrogens with zero attached hydrogens (tertiary/aromatic N) is 1. The molecule has 0 spiro atoms. The number of fused-ring (bicyclic) bond motifs is 1. The van der Waals surface area contributed by atoms with Crippen molar-refractivity contribution in [1.82, 2.24) is 15.8 Å². The number of carbonyl (C=O) groups is 2. The van der Waals surface area contributed by atoms with Crippen LogP contribution in [-0.2, 0) is 4.74 Å². The van der Waals surface area contributed by atoms with E-state index in [1.807, 2.05) is 0 Å². The Morgan fingerprint density at radius 1 is 1.18 bits per heavy atom. The number of hydrogen-bond acceptors (Lipinski definition) is 4. The molecule has 0 radical (unpaired) electrons. The van der Waals surface area contributed by atoms with E-state index in [0.29, 0.717) is 10.9 Å². The van der Waals surface area contributed by atoms with Crippen molar-refractivity contribution in [2.45, 2.75) is 26.4 Å². The maximum atomic E-state index is 12.3. The number of hydrogen-bond donors (Lipinski definition) is 2. The summed E-state index contributed by atoms with van der Waals surface area (Å²) in [5.74, 6) is -0.547. The SMILES string of the molecule is CC(C)(C)OC(=O)NNC(=O)c1c(Cl)ccc2ncccc12. The van der Waals surface area contributed by atoms with Crippen molar-refractivity contribution in [3.63, 3.8) is 0 Å². The fourth-order valence-corrected chi connectivity index (χ4v) is 2.08. The largest absolute Gasteiger partial charge is 0.443 e. The summed E-state index contributed by atoms with van der Waals surface area (Å²) >= 11 is 6.09. The van der Waals surface area contributed by atoms with E-state index in [4.69, 9.17) is 16.3 Å². The van der Waals surface area contributed by atoms with Crippen LogP contribution >= 0.6 is 11.6 Å². The second kappa shape index (κ2) is 6.19. The third-order valence-electron chi connectivity index (χ3n) is 2.64. The van der Waals surface area contributed by atoms with Gasteiger partial charge in [-0.25, -0.2) is 10.2 Å². The number of ether oxygens (including phenoxy) is 1. The Morgan fingerprint density at radius 3 is 2.59 bits per heavy atom. The van der Waals surface area contributed by atoms with Gasteiger partial charge in [-0.05, 0) is 39.0 Å². The van der Waals surface area contributed by atoms with E-state index < -0.39 is 17.6 Å². The molecule has 0 aliphatic heterocycles. The van der Waals surface area contributed by atoms with Gasteiger partial charge in [0.25, 0.3) is 5.91 Å². The predicted molar refractivity (Wildman–Crippen MR) is 83.6 cm³/mol. The van der Waals surface area contributed by atoms with Crippen LogP contribution in [0.4, 0.5) is 4.79 Å². The normalized spacial score (nSPS) is 11.1. The zero-order valence-electron chi connectivity index (χ0n) is 12.4. The highest BCUT2D eigenvalue weighted by Gasteiger charge is 2.19. The molecule has 0 atom stereocenters. The van der Waals surface area contributed by atoms with Crippen LogP contribution in [0.2, 0.25) is 5.02 Å². The Bertz CT molecular complexity index is 726. The van der Waals surface area contributed by atoms with E-state index in [0.717, 1.165) is 0 Å². The van der Waals surface area contributed by atoms with Crippen molar-refractivity contribution in [2.75, 3.05) is 0 Å². The number of aromatic nitrogens is 1. The number of carbonyl (C=O) groups excluding carboxylic acids is 2. The number of nitrogens with one attached hydrogen (secondary N) is 2. The van der Waals surface area contributed by atoms with Gasteiger partial charge in [-0.1, -0.05) is 17.7 Å². The van der Waals surface area contributed by atoms with Crippen molar-refractivity contribution >= 4 is 34.5 Å². The van der Waals surface area contributed by atoms with Gasteiger partial charge >= 0.3 is 6.09 Å². The molecule has 7 heteroatoms. The maximum absolute atomic E-state index is 12.3. The van der Waals surface area contributed by atoms with Crippen molar-refractivity contribution in [3.05, 3.63) is 41.0 Å². The Morgan fingerprint density at radius 2 is 1.91 bits per heavy atom. The molecule has 116 valence electrons. The summed E-state index contributed by atoms with van der Waals surface area (Å²) < 4.78 is 5.03. The summed E-state index contributed by atoms with van der Waals surface area (Å²) in [5, 5.41) is 0.863. The summed E-state index contributed by atoms with van der Waals surface area (Å²) in [5.41, 5.74) is 4.68. The van der Waals surface area contributed by atoms with E-state index in [9.17, 15) is 9.59 Å². The molecule has 0 aliphatic carbocycles. The zero-order valence-corrected chi connectivity index (χ0v) is 13.2. The maximum Gasteiger partial charge on any atom is 0.426 e. The van der Waals surface area contributed by atoms with Gasteiger partial charge in [0.1, 0.15) is 5.60 Å². The Labute approximate surface area is 132 Å². The first-order valence-corrected chi connectivity index (χ1v) is 6.98. The summed E-state index contributed by atoms with van der Waals surface area (Å²) in [4.78, 5) is 28.0. The molecule has 1 aromatic carbocycles. The zero-order chi connectivity index (χ0) is 16.3. The van der Waals surface area contributed by atoms with Crippen LogP contribution in [0.5, 0.6) is 0 Å². The van der Waals surface area contributed by atoms with E-state index in [-0.39, 0.29) is 10.6 Å². The minimum absolute atomic E-state index is 0.239. The smallest absolute Gasteiger partial charge is 0.426 e. The molecule has 1 aromatic heterocycles. The van der Waals surface area contributed by atoms with Gasteiger partial charge in [-0.3, -0.25) is 15.2 Å². The van der Waals surface area contributed by atoms with Crippen molar-refractivity contribution < 1.29 is 14.3 Å². The second-order valence-electron chi connectivity index (χ2n) is 5.57. The molecule has 22 heavy (non-hydrogen) atoms. The third kappa shape index (κ3) is 3.85. The average molecular weight is 322 g/mol. The minimum Gasteiger partial charge on any atom is -0.443 e. The highest BCUT2D eigenvalue weighted by Crippen LogP contribution is 2.24. The minimum atomic E-state index is -0.754. The Balaban J connectivity index is 2.17. The molecule has 0 aliphatic rings. The number of hydrazine groups is 1. The van der Waals surface area contributed by atoms with Crippen LogP contribution in [-0.4, -0.2) is 22.6 Å². The molecular weight excluding hydrogens is 306 g/mol. The number of pyridine rings is 1. The van der Waals surface area contributed by atoms with Crippen LogP contribution < -0.4 is 10.9 Å². The Kier molecular flexibility index (Phi) is 4.51. The summed E-state index contributed by atoms with van der Waals surface area (Å²) in [6.45, 7) is 5.17. The molecule has 0 saturated carbocycles.